The standard InChI is InChI=1S/C27H31N3O5/c1-16(2)15-35-21-11-10-17(13-22(21)33-3)26-23-24(19-8-4-5-9-20(19)31)28-29-25(23)27(32)30(26)14-18-7-6-12-34-18/h4-5,8-11,13,16,18,26,31H,6-7,12,14-15H2,1-3H3,(H,28,29)/t18-,26+/m0/s1. The van der Waals surface area contributed by atoms with E-state index < -0.39 is 6.04 Å². The van der Waals surface area contributed by atoms with E-state index in [-0.39, 0.29) is 17.8 Å². The van der Waals surface area contributed by atoms with Gasteiger partial charge in [-0.25, -0.2) is 0 Å². The Morgan fingerprint density at radius 3 is 2.77 bits per heavy atom. The third-order valence-electron chi connectivity index (χ3n) is 6.52. The maximum absolute atomic E-state index is 13.6. The van der Waals surface area contributed by atoms with Gasteiger partial charge in [0.15, 0.2) is 11.5 Å². The van der Waals surface area contributed by atoms with Gasteiger partial charge in [0.25, 0.3) is 5.91 Å². The molecule has 3 aromatic rings. The van der Waals surface area contributed by atoms with Crippen molar-refractivity contribution < 1.29 is 24.1 Å². The number of phenolic OH excluding ortho intramolecular Hbond substituents is 1. The Morgan fingerprint density at radius 1 is 1.23 bits per heavy atom. The molecule has 2 N–H and O–H groups in total. The molecule has 5 rings (SSSR count). The van der Waals surface area contributed by atoms with E-state index >= 15 is 0 Å². The van der Waals surface area contributed by atoms with Gasteiger partial charge in [-0.1, -0.05) is 32.0 Å². The summed E-state index contributed by atoms with van der Waals surface area (Å²) in [5.74, 6) is 1.62. The van der Waals surface area contributed by atoms with Crippen LogP contribution in [0.3, 0.4) is 0 Å². The number of aromatic hydroxyl groups is 1. The molecule has 3 heterocycles. The van der Waals surface area contributed by atoms with Crippen LogP contribution in [0.2, 0.25) is 0 Å². The fourth-order valence-corrected chi connectivity index (χ4v) is 4.85. The van der Waals surface area contributed by atoms with Crippen LogP contribution in [0, 0.1) is 5.92 Å². The number of benzene rings is 2. The van der Waals surface area contributed by atoms with Crippen molar-refractivity contribution in [1.82, 2.24) is 15.1 Å². The molecule has 8 nitrogen and oxygen atoms in total. The molecule has 35 heavy (non-hydrogen) atoms. The molecule has 1 saturated heterocycles. The van der Waals surface area contributed by atoms with Crippen molar-refractivity contribution >= 4 is 5.91 Å². The Morgan fingerprint density at radius 2 is 2.06 bits per heavy atom. The lowest BCUT2D eigenvalue weighted by Gasteiger charge is -2.29. The number of aromatic nitrogens is 2. The first-order chi connectivity index (χ1) is 17.0. The number of carbonyl (C=O) groups is 1. The lowest BCUT2D eigenvalue weighted by atomic mass is 9.95. The number of H-pyrrole nitrogens is 1. The lowest BCUT2D eigenvalue weighted by molar-refractivity contribution is 0.0495. The molecule has 0 unspecified atom stereocenters. The van der Waals surface area contributed by atoms with E-state index in [4.69, 9.17) is 14.2 Å². The van der Waals surface area contributed by atoms with Gasteiger partial charge < -0.3 is 24.2 Å². The molecule has 2 atom stereocenters. The number of phenols is 1. The van der Waals surface area contributed by atoms with Crippen molar-refractivity contribution in [2.45, 2.75) is 38.8 Å². The molecule has 2 aromatic carbocycles. The highest BCUT2D eigenvalue weighted by atomic mass is 16.5. The molecule has 2 aliphatic rings. The monoisotopic (exact) mass is 477 g/mol. The summed E-state index contributed by atoms with van der Waals surface area (Å²) in [5, 5.41) is 17.9. The number of hydrogen-bond acceptors (Lipinski definition) is 6. The summed E-state index contributed by atoms with van der Waals surface area (Å²) >= 11 is 0. The van der Waals surface area contributed by atoms with Crippen LogP contribution in [0.1, 0.15) is 54.3 Å². The quantitative estimate of drug-likeness (QED) is 0.494. The summed E-state index contributed by atoms with van der Waals surface area (Å²) in [6.45, 7) is 5.94. The number of fused-ring (bicyclic) bond motifs is 1. The van der Waals surface area contributed by atoms with Crippen molar-refractivity contribution in [1.29, 1.82) is 0 Å². The number of methoxy groups -OCH3 is 1. The summed E-state index contributed by atoms with van der Waals surface area (Å²) in [7, 11) is 1.61. The molecule has 0 aliphatic carbocycles. The lowest BCUT2D eigenvalue weighted by Crippen LogP contribution is -2.36. The van der Waals surface area contributed by atoms with Crippen LogP contribution in [0.15, 0.2) is 42.5 Å². The zero-order valence-electron chi connectivity index (χ0n) is 20.3. The van der Waals surface area contributed by atoms with Gasteiger partial charge in [-0.2, -0.15) is 5.10 Å². The Balaban J connectivity index is 1.60. The van der Waals surface area contributed by atoms with Crippen LogP contribution < -0.4 is 9.47 Å². The molecule has 184 valence electrons. The maximum Gasteiger partial charge on any atom is 0.273 e. The van der Waals surface area contributed by atoms with E-state index in [1.165, 1.54) is 0 Å². The van der Waals surface area contributed by atoms with Gasteiger partial charge in [0, 0.05) is 24.3 Å². The zero-order valence-corrected chi connectivity index (χ0v) is 20.3. The predicted octanol–water partition coefficient (Wildman–Crippen LogP) is 4.55. The Bertz CT molecular complexity index is 1220. The summed E-state index contributed by atoms with van der Waals surface area (Å²) in [4.78, 5) is 15.4. The van der Waals surface area contributed by atoms with Crippen molar-refractivity contribution in [3.8, 4) is 28.5 Å². The minimum atomic E-state index is -0.414. The van der Waals surface area contributed by atoms with Gasteiger partial charge in [-0.05, 0) is 48.6 Å². The molecule has 1 aromatic heterocycles. The summed E-state index contributed by atoms with van der Waals surface area (Å²) in [6, 6.07) is 12.4. The van der Waals surface area contributed by atoms with Gasteiger partial charge in [-0.3, -0.25) is 9.89 Å². The number of aromatic amines is 1. The van der Waals surface area contributed by atoms with Crippen LogP contribution in [-0.2, 0) is 4.74 Å². The second-order valence-corrected chi connectivity index (χ2v) is 9.49. The van der Waals surface area contributed by atoms with Crippen LogP contribution in [0.25, 0.3) is 11.3 Å². The third-order valence-corrected chi connectivity index (χ3v) is 6.52. The van der Waals surface area contributed by atoms with Crippen LogP contribution in [0.5, 0.6) is 17.2 Å². The number of amides is 1. The van der Waals surface area contributed by atoms with E-state index in [0.717, 1.165) is 24.0 Å². The Kier molecular flexibility index (Phi) is 6.38. The van der Waals surface area contributed by atoms with Gasteiger partial charge >= 0.3 is 0 Å². The van der Waals surface area contributed by atoms with Crippen molar-refractivity contribution in [3.63, 3.8) is 0 Å². The maximum atomic E-state index is 13.6. The highest BCUT2D eigenvalue weighted by molar-refractivity contribution is 6.00. The van der Waals surface area contributed by atoms with E-state index in [0.29, 0.717) is 54.1 Å². The van der Waals surface area contributed by atoms with Crippen LogP contribution in [-0.4, -0.2) is 59.1 Å². The summed E-state index contributed by atoms with van der Waals surface area (Å²) in [5.41, 5.74) is 3.19. The van der Waals surface area contributed by atoms with Crippen LogP contribution >= 0.6 is 0 Å². The molecule has 0 radical (unpaired) electrons. The fourth-order valence-electron chi connectivity index (χ4n) is 4.85. The Labute approximate surface area is 204 Å². The minimum absolute atomic E-state index is 0.0115. The number of para-hydroxylation sites is 1. The minimum Gasteiger partial charge on any atom is -0.507 e. The number of hydrogen-bond donors (Lipinski definition) is 2. The molecule has 0 spiro atoms. The van der Waals surface area contributed by atoms with E-state index in [1.807, 2.05) is 29.2 Å². The SMILES string of the molecule is COc1cc([C@@H]2c3c(-c4ccccc4O)n[nH]c3C(=O)N2C[C@@H]2CCCO2)ccc1OCC(C)C. The molecule has 0 saturated carbocycles. The van der Waals surface area contributed by atoms with E-state index in [1.54, 1.807) is 25.3 Å². The average Bonchev–Trinajstić information content (AvgIpc) is 3.58. The van der Waals surface area contributed by atoms with Crippen molar-refractivity contribution in [3.05, 3.63) is 59.3 Å². The third kappa shape index (κ3) is 4.34. The van der Waals surface area contributed by atoms with Gasteiger partial charge in [-0.15, -0.1) is 0 Å². The molecule has 2 aliphatic heterocycles. The number of carbonyl (C=O) groups excluding carboxylic acids is 1. The molecule has 1 fully saturated rings. The topological polar surface area (TPSA) is 96.9 Å². The van der Waals surface area contributed by atoms with Gasteiger partial charge in [0.1, 0.15) is 17.1 Å². The second kappa shape index (κ2) is 9.62. The molecule has 1 amide bonds. The van der Waals surface area contributed by atoms with Crippen molar-refractivity contribution in [2.24, 2.45) is 5.92 Å². The number of nitrogens with zero attached hydrogens (tertiary/aromatic N) is 2. The second-order valence-electron chi connectivity index (χ2n) is 9.49. The van der Waals surface area contributed by atoms with E-state index in [9.17, 15) is 9.90 Å². The van der Waals surface area contributed by atoms with Gasteiger partial charge in [0.2, 0.25) is 0 Å². The summed E-state index contributed by atoms with van der Waals surface area (Å²) < 4.78 is 17.5. The predicted molar refractivity (Wildman–Crippen MR) is 131 cm³/mol. The average molecular weight is 478 g/mol. The zero-order chi connectivity index (χ0) is 24.5. The summed E-state index contributed by atoms with van der Waals surface area (Å²) in [6.07, 6.45) is 1.89. The molecular formula is C27H31N3O5. The number of ether oxygens (including phenoxy) is 3. The first-order valence-electron chi connectivity index (χ1n) is 12.1. The molecule has 8 heteroatoms. The Hall–Kier alpha value is -3.52. The number of rotatable bonds is 8. The van der Waals surface area contributed by atoms with E-state index in [2.05, 4.69) is 24.0 Å². The smallest absolute Gasteiger partial charge is 0.273 e. The highest BCUT2D eigenvalue weighted by Crippen LogP contribution is 2.46. The fraction of sp³-hybridized carbons (Fsp3) is 0.407. The largest absolute Gasteiger partial charge is 0.507 e. The number of nitrogens with one attached hydrogen (secondary N) is 1. The molecular weight excluding hydrogens is 446 g/mol. The van der Waals surface area contributed by atoms with Crippen LogP contribution in [0.4, 0.5) is 0 Å². The van der Waals surface area contributed by atoms with Gasteiger partial charge in [0.05, 0.1) is 25.9 Å². The normalized spacial score (nSPS) is 19.4. The van der Waals surface area contributed by atoms with Crippen molar-refractivity contribution in [2.75, 3.05) is 26.9 Å². The first-order valence-corrected chi connectivity index (χ1v) is 12.1. The first kappa shape index (κ1) is 23.2. The molecule has 0 bridgehead atoms. The highest BCUT2D eigenvalue weighted by Gasteiger charge is 2.44.